The van der Waals surface area contributed by atoms with Gasteiger partial charge in [0.25, 0.3) is 10.5 Å². The second-order valence-electron chi connectivity index (χ2n) is 5.72. The predicted molar refractivity (Wildman–Crippen MR) is 91.2 cm³/mol. The van der Waals surface area contributed by atoms with Crippen LogP contribution in [0.1, 0.15) is 27.8 Å². The summed E-state index contributed by atoms with van der Waals surface area (Å²) in [6, 6.07) is 19.8. The molecule has 0 atom stereocenters. The lowest BCUT2D eigenvalue weighted by Crippen LogP contribution is -2.06. The van der Waals surface area contributed by atoms with Crippen molar-refractivity contribution in [3.05, 3.63) is 88.8 Å². The fraction of sp³-hybridized carbons (Fsp3) is 0.105. The van der Waals surface area contributed by atoms with E-state index in [2.05, 4.69) is 67.9 Å². The molecular formula is C19H15FO3S. The highest BCUT2D eigenvalue weighted by Crippen LogP contribution is 2.34. The summed E-state index contributed by atoms with van der Waals surface area (Å²) in [5.41, 5.74) is 7.00. The topological polar surface area (TPSA) is 57.2 Å². The first kappa shape index (κ1) is 16.5. The lowest BCUT2D eigenvalue weighted by Gasteiger charge is -2.15. The van der Waals surface area contributed by atoms with E-state index in [1.165, 1.54) is 38.6 Å². The number of aryl methyl sites for hydroxylation is 1. The fourth-order valence-corrected chi connectivity index (χ4v) is 3.12. The van der Waals surface area contributed by atoms with Crippen molar-refractivity contribution in [3.8, 4) is 0 Å². The molecule has 0 saturated carbocycles. The Kier molecular flexibility index (Phi) is 4.30. The number of hydrogen-bond acceptors (Lipinski definition) is 3. The van der Waals surface area contributed by atoms with Crippen LogP contribution in [0.15, 0.2) is 54.6 Å². The Hall–Kier alpha value is -2.37. The summed E-state index contributed by atoms with van der Waals surface area (Å²) in [6.45, 7) is 2.19. The second-order valence-corrected chi connectivity index (χ2v) is 6.50. The Balaban J connectivity index is 0.000000300. The van der Waals surface area contributed by atoms with Gasteiger partial charge in [0.15, 0.2) is 0 Å². The molecule has 0 amide bonds. The Morgan fingerprint density at radius 2 is 1.67 bits per heavy atom. The van der Waals surface area contributed by atoms with Crippen molar-refractivity contribution in [3.63, 3.8) is 0 Å². The number of benzene rings is 3. The van der Waals surface area contributed by atoms with E-state index in [1.54, 1.807) is 0 Å². The van der Waals surface area contributed by atoms with E-state index in [4.69, 9.17) is 13.0 Å². The van der Waals surface area contributed by atoms with Crippen LogP contribution in [0, 0.1) is 13.3 Å². The van der Waals surface area contributed by atoms with E-state index in [0.29, 0.717) is 0 Å². The molecule has 3 nitrogen and oxygen atoms in total. The van der Waals surface area contributed by atoms with Crippen LogP contribution in [-0.4, -0.2) is 13.0 Å². The van der Waals surface area contributed by atoms with Crippen molar-refractivity contribution in [1.29, 1.82) is 0 Å². The van der Waals surface area contributed by atoms with Gasteiger partial charge in [0.2, 0.25) is 0 Å². The first-order valence-electron chi connectivity index (χ1n) is 7.42. The normalized spacial score (nSPS) is 12.5. The predicted octanol–water partition coefficient (Wildman–Crippen LogP) is 4.07. The zero-order chi connectivity index (χ0) is 17.3. The lowest BCUT2D eigenvalue weighted by atomic mass is 9.83. The first-order chi connectivity index (χ1) is 11.3. The molecule has 0 bridgehead atoms. The van der Waals surface area contributed by atoms with Crippen molar-refractivity contribution in [2.45, 2.75) is 13.3 Å². The number of rotatable bonds is 0. The highest BCUT2D eigenvalue weighted by atomic mass is 32.3. The molecule has 0 radical (unpaired) electrons. The molecule has 1 aliphatic rings. The van der Waals surface area contributed by atoms with Crippen LogP contribution >= 0.6 is 0 Å². The van der Waals surface area contributed by atoms with Gasteiger partial charge in [-0.2, -0.15) is 0 Å². The number of fused-ring (bicyclic) bond motifs is 4. The van der Waals surface area contributed by atoms with Crippen LogP contribution in [0.4, 0.5) is 3.89 Å². The maximum atomic E-state index is 10.1. The molecule has 0 aliphatic heterocycles. The Bertz CT molecular complexity index is 1000. The van der Waals surface area contributed by atoms with E-state index in [9.17, 15) is 3.89 Å². The minimum absolute atomic E-state index is 1.04. The molecule has 4 rings (SSSR count). The van der Waals surface area contributed by atoms with Gasteiger partial charge < -0.3 is 4.55 Å². The summed E-state index contributed by atoms with van der Waals surface area (Å²) in [5, 5.41) is 2.79. The van der Waals surface area contributed by atoms with Crippen LogP contribution in [-0.2, 0) is 16.9 Å². The molecule has 0 unspecified atom stereocenters. The highest BCUT2D eigenvalue weighted by Gasteiger charge is 2.23. The standard InChI is InChI=1S/C19H15.FHO3S/c1-13-5-4-8-18-17(13)10-9-16-11-14-6-2-3-7-15(14)12-19(16)18;1-5(2,3)4/h2-11H,12H2,1H3;(H,2,3,4)/q+1;/p-1. The third kappa shape index (κ3) is 3.58. The molecule has 24 heavy (non-hydrogen) atoms. The minimum atomic E-state index is -5.42. The Morgan fingerprint density at radius 1 is 0.958 bits per heavy atom. The molecule has 0 heterocycles. The van der Waals surface area contributed by atoms with Crippen LogP contribution < -0.4 is 0 Å². The average molecular weight is 342 g/mol. The molecule has 0 N–H and O–H groups in total. The molecule has 0 saturated heterocycles. The maximum Gasteiger partial charge on any atom is 0.255 e. The van der Waals surface area contributed by atoms with E-state index >= 15 is 0 Å². The summed E-state index contributed by atoms with van der Waals surface area (Å²) >= 11 is 0. The van der Waals surface area contributed by atoms with Crippen molar-refractivity contribution >= 4 is 21.3 Å². The molecule has 1 aliphatic carbocycles. The van der Waals surface area contributed by atoms with Gasteiger partial charge in [0.1, 0.15) is 0 Å². The highest BCUT2D eigenvalue weighted by molar-refractivity contribution is 7.80. The quantitative estimate of drug-likeness (QED) is 0.275. The van der Waals surface area contributed by atoms with Crippen molar-refractivity contribution in [2.75, 3.05) is 0 Å². The second kappa shape index (κ2) is 6.26. The third-order valence-electron chi connectivity index (χ3n) is 4.16. The van der Waals surface area contributed by atoms with E-state index in [-0.39, 0.29) is 0 Å². The molecule has 3 aromatic carbocycles. The van der Waals surface area contributed by atoms with Crippen molar-refractivity contribution in [1.82, 2.24) is 0 Å². The summed E-state index contributed by atoms with van der Waals surface area (Å²) < 4.78 is 35.3. The van der Waals surface area contributed by atoms with Gasteiger partial charge >= 0.3 is 0 Å². The van der Waals surface area contributed by atoms with Crippen LogP contribution in [0.25, 0.3) is 10.8 Å². The number of halogens is 1. The monoisotopic (exact) mass is 342 g/mol. The minimum Gasteiger partial charge on any atom is -0.722 e. The summed E-state index contributed by atoms with van der Waals surface area (Å²) in [6.07, 6.45) is 3.36. The molecule has 3 aromatic rings. The molecule has 0 aromatic heterocycles. The smallest absolute Gasteiger partial charge is 0.255 e. The molecule has 0 spiro atoms. The van der Waals surface area contributed by atoms with Crippen LogP contribution in [0.5, 0.6) is 0 Å². The molecular weight excluding hydrogens is 327 g/mol. The fourth-order valence-electron chi connectivity index (χ4n) is 3.12. The van der Waals surface area contributed by atoms with Gasteiger partial charge in [0.05, 0.1) is 17.5 Å². The summed E-state index contributed by atoms with van der Waals surface area (Å²) in [4.78, 5) is 0. The van der Waals surface area contributed by atoms with Gasteiger partial charge in [-0.05, 0) is 42.8 Å². The summed E-state index contributed by atoms with van der Waals surface area (Å²) in [5.74, 6) is 0. The Labute approximate surface area is 140 Å². The van der Waals surface area contributed by atoms with E-state index in [1.807, 2.05) is 0 Å². The van der Waals surface area contributed by atoms with Gasteiger partial charge in [0, 0.05) is 40.5 Å². The molecule has 122 valence electrons. The van der Waals surface area contributed by atoms with Crippen molar-refractivity contribution < 1.29 is 16.9 Å². The van der Waals surface area contributed by atoms with E-state index in [0.717, 1.165) is 6.42 Å². The lowest BCUT2D eigenvalue weighted by molar-refractivity contribution is 0.417. The van der Waals surface area contributed by atoms with Gasteiger partial charge in [-0.15, -0.1) is 3.89 Å². The summed E-state index contributed by atoms with van der Waals surface area (Å²) in [7, 11) is -5.42. The van der Waals surface area contributed by atoms with E-state index < -0.39 is 10.5 Å². The van der Waals surface area contributed by atoms with Gasteiger partial charge in [-0.3, -0.25) is 0 Å². The van der Waals surface area contributed by atoms with Crippen LogP contribution in [0.2, 0.25) is 0 Å². The zero-order valence-corrected chi connectivity index (χ0v) is 13.8. The molecule has 5 heteroatoms. The van der Waals surface area contributed by atoms with Gasteiger partial charge in [-0.1, -0.05) is 12.1 Å². The zero-order valence-electron chi connectivity index (χ0n) is 13.0. The SMILES string of the molecule is Cc1cccc2c3c(ccc12)[CH+]c1ccccc1C3.O=S(=O)([O-])F. The third-order valence-corrected chi connectivity index (χ3v) is 4.16. The molecule has 0 fully saturated rings. The maximum absolute atomic E-state index is 10.1. The number of hydrogen-bond donors (Lipinski definition) is 0. The van der Waals surface area contributed by atoms with Gasteiger partial charge in [-0.25, -0.2) is 8.42 Å². The Morgan fingerprint density at radius 3 is 2.42 bits per heavy atom. The van der Waals surface area contributed by atoms with Crippen LogP contribution in [0.3, 0.4) is 0 Å². The van der Waals surface area contributed by atoms with Crippen molar-refractivity contribution in [2.24, 2.45) is 0 Å². The first-order valence-corrected chi connectivity index (χ1v) is 8.73. The average Bonchev–Trinajstić information content (AvgIpc) is 2.51. The largest absolute Gasteiger partial charge is 0.722 e.